The molecule has 0 unspecified atom stereocenters. The zero-order valence-corrected chi connectivity index (χ0v) is 17.1. The van der Waals surface area contributed by atoms with Crippen molar-refractivity contribution in [3.63, 3.8) is 0 Å². The average molecular weight is 412 g/mol. The molecule has 2 rings (SSSR count). The Morgan fingerprint density at radius 1 is 0.667 bits per heavy atom. The molecule has 0 saturated carbocycles. The van der Waals surface area contributed by atoms with Crippen LogP contribution >= 0.6 is 0 Å². The van der Waals surface area contributed by atoms with Gasteiger partial charge in [-0.25, -0.2) is 9.98 Å². The number of hydrogen-bond acceptors (Lipinski definition) is 8. The van der Waals surface area contributed by atoms with E-state index >= 15 is 0 Å². The van der Waals surface area contributed by atoms with Gasteiger partial charge in [0.25, 0.3) is 0 Å². The quantitative estimate of drug-likeness (QED) is 0.313. The van der Waals surface area contributed by atoms with E-state index in [4.69, 9.17) is 9.47 Å². The highest BCUT2D eigenvalue weighted by Gasteiger charge is 2.06. The molecule has 30 heavy (non-hydrogen) atoms. The van der Waals surface area contributed by atoms with Crippen LogP contribution in [-0.2, 0) is 0 Å². The third-order valence-electron chi connectivity index (χ3n) is 3.87. The lowest BCUT2D eigenvalue weighted by Crippen LogP contribution is -2.28. The first-order valence-corrected chi connectivity index (χ1v) is 8.86. The minimum atomic E-state index is 0.113. The third-order valence-corrected chi connectivity index (χ3v) is 3.87. The molecule has 0 aromatic heterocycles. The summed E-state index contributed by atoms with van der Waals surface area (Å²) in [6.07, 6.45) is 0. The van der Waals surface area contributed by atoms with Crippen LogP contribution in [0, 0.1) is 0 Å². The van der Waals surface area contributed by atoms with Gasteiger partial charge in [-0.2, -0.15) is 10.2 Å². The monoisotopic (exact) mass is 412 g/mol. The number of ether oxygens (including phenoxy) is 2. The van der Waals surface area contributed by atoms with E-state index in [9.17, 15) is 10.4 Å². The second-order valence-corrected chi connectivity index (χ2v) is 5.91. The Kier molecular flexibility index (Phi) is 8.48. The number of hydroxylamine groups is 2. The Morgan fingerprint density at radius 2 is 1.00 bits per heavy atom. The average Bonchev–Trinajstić information content (AvgIpc) is 2.79. The molecule has 4 N–H and O–H groups in total. The molecule has 2 aromatic carbocycles. The maximum atomic E-state index is 9.40. The molecule has 2 aromatic rings. The molecule has 0 bridgehead atoms. The minimum Gasteiger partial charge on any atom is -0.497 e. The van der Waals surface area contributed by atoms with Crippen LogP contribution in [0.15, 0.2) is 68.7 Å². The molecule has 0 saturated heterocycles. The smallest absolute Gasteiger partial charge is 0.173 e. The molecule has 0 aliphatic carbocycles. The number of benzene rings is 2. The van der Waals surface area contributed by atoms with Gasteiger partial charge in [-0.1, -0.05) is 0 Å². The van der Waals surface area contributed by atoms with Gasteiger partial charge in [-0.3, -0.25) is 21.4 Å². The number of methoxy groups -OCH3 is 2. The van der Waals surface area contributed by atoms with Crippen LogP contribution in [0.4, 0.5) is 11.4 Å². The molecule has 0 fully saturated rings. The van der Waals surface area contributed by atoms with E-state index in [1.165, 1.54) is 0 Å². The molecule has 0 spiro atoms. The number of hydrogen-bond donors (Lipinski definition) is 4. The predicted octanol–water partition coefficient (Wildman–Crippen LogP) is 3.26. The minimum absolute atomic E-state index is 0.113. The molecule has 0 atom stereocenters. The first-order chi connectivity index (χ1) is 14.5. The summed E-state index contributed by atoms with van der Waals surface area (Å²) in [5, 5.41) is 26.9. The van der Waals surface area contributed by atoms with Gasteiger partial charge in [0, 0.05) is 0 Å². The highest BCUT2D eigenvalue weighted by molar-refractivity contribution is 6.42. The van der Waals surface area contributed by atoms with E-state index < -0.39 is 0 Å². The summed E-state index contributed by atoms with van der Waals surface area (Å²) in [6.45, 7) is 3.24. The number of nitrogens with zero attached hydrogens (tertiary/aromatic N) is 4. The van der Waals surface area contributed by atoms with Crippen molar-refractivity contribution in [3.05, 3.63) is 48.5 Å². The third kappa shape index (κ3) is 6.40. The van der Waals surface area contributed by atoms with Gasteiger partial charge in [0.15, 0.2) is 11.7 Å². The van der Waals surface area contributed by atoms with Crippen molar-refractivity contribution in [1.29, 1.82) is 0 Å². The Hall–Kier alpha value is -3.76. The van der Waals surface area contributed by atoms with Crippen LogP contribution in [0.3, 0.4) is 0 Å². The second kappa shape index (κ2) is 11.3. The summed E-state index contributed by atoms with van der Waals surface area (Å²) in [5.74, 6) is 1.61. The van der Waals surface area contributed by atoms with Gasteiger partial charge in [0.05, 0.1) is 25.6 Å². The molecule has 0 radical (unpaired) electrons. The summed E-state index contributed by atoms with van der Waals surface area (Å²) in [6, 6.07) is 13.9. The topological polar surface area (TPSA) is 132 Å². The molecule has 10 heteroatoms. The van der Waals surface area contributed by atoms with Crippen molar-refractivity contribution in [1.82, 2.24) is 11.0 Å². The molecule has 0 aliphatic rings. The number of aliphatic imine (C=N–C) groups is 2. The fraction of sp³-hybridized carbons (Fsp3) is 0.200. The zero-order valence-electron chi connectivity index (χ0n) is 17.1. The van der Waals surface area contributed by atoms with E-state index in [-0.39, 0.29) is 11.7 Å². The summed E-state index contributed by atoms with van der Waals surface area (Å²) < 4.78 is 10.2. The lowest BCUT2D eigenvalue weighted by atomic mass is 10.3. The Bertz CT molecular complexity index is 871. The van der Waals surface area contributed by atoms with Gasteiger partial charge in [-0.05, 0) is 62.4 Å². The van der Waals surface area contributed by atoms with Crippen molar-refractivity contribution in [2.75, 3.05) is 14.2 Å². The summed E-state index contributed by atoms with van der Waals surface area (Å²) in [5.41, 5.74) is 5.81. The lowest BCUT2D eigenvalue weighted by molar-refractivity contribution is 0.236. The van der Waals surface area contributed by atoms with Gasteiger partial charge in [0.2, 0.25) is 0 Å². The van der Waals surface area contributed by atoms with Gasteiger partial charge < -0.3 is 9.47 Å². The number of amidine groups is 2. The van der Waals surface area contributed by atoms with E-state index in [0.29, 0.717) is 34.3 Å². The summed E-state index contributed by atoms with van der Waals surface area (Å²) in [4.78, 5) is 8.54. The van der Waals surface area contributed by atoms with Crippen LogP contribution in [0.25, 0.3) is 0 Å². The van der Waals surface area contributed by atoms with Crippen molar-refractivity contribution < 1.29 is 19.9 Å². The maximum absolute atomic E-state index is 9.40. The van der Waals surface area contributed by atoms with E-state index in [0.717, 1.165) is 0 Å². The van der Waals surface area contributed by atoms with Crippen molar-refractivity contribution in [2.24, 2.45) is 20.2 Å². The van der Waals surface area contributed by atoms with Crippen LogP contribution in [0.5, 0.6) is 11.5 Å². The van der Waals surface area contributed by atoms with Crippen molar-refractivity contribution in [3.8, 4) is 11.5 Å². The SMILES string of the molecule is COc1ccc(N=C(NO)/C(C)=N\N=C(/C)C(=Nc2ccc(OC)cc2)NO)cc1. The molecular weight excluding hydrogens is 388 g/mol. The number of rotatable bonds is 7. The molecule has 0 amide bonds. The summed E-state index contributed by atoms with van der Waals surface area (Å²) in [7, 11) is 3.15. The Labute approximate surface area is 174 Å². The highest BCUT2D eigenvalue weighted by Crippen LogP contribution is 2.18. The van der Waals surface area contributed by atoms with Crippen molar-refractivity contribution >= 4 is 34.5 Å². The normalized spacial score (nSPS) is 13.1. The molecular formula is C20H24N6O4. The van der Waals surface area contributed by atoms with E-state index in [1.54, 1.807) is 76.6 Å². The standard InChI is InChI=1S/C20H24N6O4/c1-13(19(25-27)21-15-5-9-17(29-3)10-6-15)23-24-14(2)20(26-28)22-16-7-11-18(30-4)12-8-16/h5-12,27-28H,1-4H3,(H,21,25)(H,22,26)/b23-13-,24-14+. The van der Waals surface area contributed by atoms with Crippen LogP contribution < -0.4 is 20.4 Å². The Balaban J connectivity index is 2.22. The van der Waals surface area contributed by atoms with Crippen LogP contribution in [0.1, 0.15) is 13.8 Å². The summed E-state index contributed by atoms with van der Waals surface area (Å²) >= 11 is 0. The van der Waals surface area contributed by atoms with Gasteiger partial charge in [-0.15, -0.1) is 0 Å². The van der Waals surface area contributed by atoms with Gasteiger partial charge >= 0.3 is 0 Å². The molecule has 0 heterocycles. The van der Waals surface area contributed by atoms with E-state index in [2.05, 4.69) is 20.2 Å². The van der Waals surface area contributed by atoms with Crippen LogP contribution in [-0.4, -0.2) is 47.7 Å². The Morgan fingerprint density at radius 3 is 1.27 bits per heavy atom. The molecule has 10 nitrogen and oxygen atoms in total. The largest absolute Gasteiger partial charge is 0.497 e. The molecule has 158 valence electrons. The van der Waals surface area contributed by atoms with Gasteiger partial charge in [0.1, 0.15) is 22.9 Å². The van der Waals surface area contributed by atoms with E-state index in [1.807, 2.05) is 11.0 Å². The first kappa shape index (κ1) is 22.5. The molecule has 0 aliphatic heterocycles. The predicted molar refractivity (Wildman–Crippen MR) is 116 cm³/mol. The first-order valence-electron chi connectivity index (χ1n) is 8.86. The van der Waals surface area contributed by atoms with Crippen LogP contribution in [0.2, 0.25) is 0 Å². The van der Waals surface area contributed by atoms with Crippen molar-refractivity contribution in [2.45, 2.75) is 13.8 Å². The number of nitrogens with one attached hydrogen (secondary N) is 2. The lowest BCUT2D eigenvalue weighted by Gasteiger charge is -2.06. The maximum Gasteiger partial charge on any atom is 0.173 e. The second-order valence-electron chi connectivity index (χ2n) is 5.91. The fourth-order valence-corrected chi connectivity index (χ4v) is 2.19. The fourth-order valence-electron chi connectivity index (χ4n) is 2.19. The zero-order chi connectivity index (χ0) is 21.9. The highest BCUT2D eigenvalue weighted by atomic mass is 16.5.